The predicted octanol–water partition coefficient (Wildman–Crippen LogP) is 1.69. The fourth-order valence-electron chi connectivity index (χ4n) is 2.96. The third-order valence-corrected chi connectivity index (χ3v) is 4.16. The van der Waals surface area contributed by atoms with E-state index in [9.17, 15) is 5.11 Å². The van der Waals surface area contributed by atoms with Crippen LogP contribution in [-0.4, -0.2) is 36.5 Å². The highest BCUT2D eigenvalue weighted by atomic mass is 16.5. The van der Waals surface area contributed by atoms with E-state index in [1.165, 1.54) is 32.1 Å². The summed E-state index contributed by atoms with van der Waals surface area (Å²) in [6, 6.07) is 0.443. The van der Waals surface area contributed by atoms with E-state index in [-0.39, 0.29) is 6.10 Å². The van der Waals surface area contributed by atoms with E-state index < -0.39 is 0 Å². The zero-order valence-corrected chi connectivity index (χ0v) is 10.3. The van der Waals surface area contributed by atoms with Gasteiger partial charge < -0.3 is 15.2 Å². The Morgan fingerprint density at radius 3 is 2.62 bits per heavy atom. The molecule has 1 saturated heterocycles. The average Bonchev–Trinajstić information content (AvgIpc) is 2.73. The van der Waals surface area contributed by atoms with Crippen molar-refractivity contribution in [3.63, 3.8) is 0 Å². The largest absolute Gasteiger partial charge is 0.392 e. The Hall–Kier alpha value is -0.120. The molecule has 16 heavy (non-hydrogen) atoms. The van der Waals surface area contributed by atoms with Crippen molar-refractivity contribution in [3.8, 4) is 0 Å². The number of rotatable bonds is 4. The number of aliphatic hydroxyl groups excluding tert-OH is 1. The molecule has 0 radical (unpaired) electrons. The van der Waals surface area contributed by atoms with Gasteiger partial charge in [-0.25, -0.2) is 0 Å². The first-order chi connectivity index (χ1) is 7.77. The van der Waals surface area contributed by atoms with Gasteiger partial charge in [-0.2, -0.15) is 0 Å². The highest BCUT2D eigenvalue weighted by Gasteiger charge is 2.26. The second kappa shape index (κ2) is 5.99. The van der Waals surface area contributed by atoms with E-state index in [4.69, 9.17) is 4.74 Å². The lowest BCUT2D eigenvalue weighted by Gasteiger charge is -2.28. The molecule has 2 fully saturated rings. The van der Waals surface area contributed by atoms with Gasteiger partial charge in [0.15, 0.2) is 0 Å². The SMILES string of the molecule is CC1OCCC1NCC(O)C1CCCCC1. The summed E-state index contributed by atoms with van der Waals surface area (Å²) >= 11 is 0. The third kappa shape index (κ3) is 3.19. The molecule has 0 aromatic carbocycles. The van der Waals surface area contributed by atoms with Gasteiger partial charge in [0.25, 0.3) is 0 Å². The molecule has 1 aliphatic heterocycles. The predicted molar refractivity (Wildman–Crippen MR) is 64.4 cm³/mol. The van der Waals surface area contributed by atoms with Gasteiger partial charge in [-0.1, -0.05) is 19.3 Å². The van der Waals surface area contributed by atoms with Gasteiger partial charge in [0.05, 0.1) is 12.2 Å². The van der Waals surface area contributed by atoms with E-state index in [0.29, 0.717) is 18.1 Å². The van der Waals surface area contributed by atoms with Gasteiger partial charge in [0, 0.05) is 19.2 Å². The molecule has 2 aliphatic rings. The Morgan fingerprint density at radius 2 is 2.00 bits per heavy atom. The van der Waals surface area contributed by atoms with Crippen LogP contribution in [0.15, 0.2) is 0 Å². The lowest BCUT2D eigenvalue weighted by atomic mass is 9.85. The van der Waals surface area contributed by atoms with Crippen LogP contribution >= 0.6 is 0 Å². The molecule has 1 aliphatic carbocycles. The summed E-state index contributed by atoms with van der Waals surface area (Å²) in [5, 5.41) is 13.6. The molecule has 3 nitrogen and oxygen atoms in total. The van der Waals surface area contributed by atoms with Crippen molar-refractivity contribution in [2.75, 3.05) is 13.2 Å². The summed E-state index contributed by atoms with van der Waals surface area (Å²) in [5.41, 5.74) is 0. The summed E-state index contributed by atoms with van der Waals surface area (Å²) in [6.45, 7) is 3.71. The molecule has 3 atom stereocenters. The van der Waals surface area contributed by atoms with E-state index >= 15 is 0 Å². The molecule has 94 valence electrons. The van der Waals surface area contributed by atoms with E-state index in [1.54, 1.807) is 0 Å². The van der Waals surface area contributed by atoms with Crippen LogP contribution in [0.4, 0.5) is 0 Å². The minimum atomic E-state index is -0.159. The van der Waals surface area contributed by atoms with Crippen molar-refractivity contribution < 1.29 is 9.84 Å². The number of nitrogens with one attached hydrogen (secondary N) is 1. The quantitative estimate of drug-likeness (QED) is 0.768. The Kier molecular flexibility index (Phi) is 4.62. The van der Waals surface area contributed by atoms with Crippen molar-refractivity contribution >= 4 is 0 Å². The average molecular weight is 227 g/mol. The molecule has 0 spiro atoms. The first kappa shape index (κ1) is 12.3. The van der Waals surface area contributed by atoms with Crippen molar-refractivity contribution in [1.82, 2.24) is 5.32 Å². The van der Waals surface area contributed by atoms with E-state index in [1.807, 2.05) is 0 Å². The van der Waals surface area contributed by atoms with Gasteiger partial charge in [0.2, 0.25) is 0 Å². The van der Waals surface area contributed by atoms with Gasteiger partial charge >= 0.3 is 0 Å². The van der Waals surface area contributed by atoms with Gasteiger partial charge in [0.1, 0.15) is 0 Å². The molecule has 0 aromatic rings. The summed E-state index contributed by atoms with van der Waals surface area (Å²) in [7, 11) is 0. The Labute approximate surface area is 98.6 Å². The van der Waals surface area contributed by atoms with Crippen LogP contribution < -0.4 is 5.32 Å². The maximum absolute atomic E-state index is 10.1. The van der Waals surface area contributed by atoms with Crippen LogP contribution in [0.25, 0.3) is 0 Å². The standard InChI is InChI=1S/C13H25NO2/c1-10-12(7-8-16-10)14-9-13(15)11-5-3-2-4-6-11/h10-15H,2-9H2,1H3. The normalized spacial score (nSPS) is 34.1. The number of ether oxygens (including phenoxy) is 1. The van der Waals surface area contributed by atoms with Crippen LogP contribution in [0, 0.1) is 5.92 Å². The Bertz CT molecular complexity index is 204. The maximum Gasteiger partial charge on any atom is 0.0700 e. The topological polar surface area (TPSA) is 41.5 Å². The first-order valence-electron chi connectivity index (χ1n) is 6.80. The van der Waals surface area contributed by atoms with Crippen LogP contribution in [0.1, 0.15) is 45.4 Å². The zero-order valence-electron chi connectivity index (χ0n) is 10.3. The van der Waals surface area contributed by atoms with Gasteiger partial charge in [-0.15, -0.1) is 0 Å². The molecule has 1 saturated carbocycles. The molecule has 0 bridgehead atoms. The summed E-state index contributed by atoms with van der Waals surface area (Å²) in [4.78, 5) is 0. The highest BCUT2D eigenvalue weighted by molar-refractivity contribution is 4.82. The Morgan fingerprint density at radius 1 is 1.25 bits per heavy atom. The summed E-state index contributed by atoms with van der Waals surface area (Å²) < 4.78 is 5.50. The second-order valence-corrected chi connectivity index (χ2v) is 5.34. The third-order valence-electron chi connectivity index (χ3n) is 4.16. The molecule has 3 unspecified atom stereocenters. The van der Waals surface area contributed by atoms with Gasteiger partial charge in [-0.3, -0.25) is 0 Å². The van der Waals surface area contributed by atoms with Crippen molar-refractivity contribution in [1.29, 1.82) is 0 Å². The van der Waals surface area contributed by atoms with Crippen LogP contribution in [0.2, 0.25) is 0 Å². The second-order valence-electron chi connectivity index (χ2n) is 5.34. The molecule has 1 heterocycles. The first-order valence-corrected chi connectivity index (χ1v) is 6.80. The zero-order chi connectivity index (χ0) is 11.4. The molecule has 2 rings (SSSR count). The van der Waals surface area contributed by atoms with E-state index in [2.05, 4.69) is 12.2 Å². The molecular weight excluding hydrogens is 202 g/mol. The lowest BCUT2D eigenvalue weighted by Crippen LogP contribution is -2.42. The summed E-state index contributed by atoms with van der Waals surface area (Å²) in [6.07, 6.45) is 7.59. The highest BCUT2D eigenvalue weighted by Crippen LogP contribution is 2.26. The molecule has 0 aromatic heterocycles. The fraction of sp³-hybridized carbons (Fsp3) is 1.00. The number of hydrogen-bond acceptors (Lipinski definition) is 3. The van der Waals surface area contributed by atoms with Crippen LogP contribution in [0.5, 0.6) is 0 Å². The molecule has 2 N–H and O–H groups in total. The monoisotopic (exact) mass is 227 g/mol. The maximum atomic E-state index is 10.1. The number of hydrogen-bond donors (Lipinski definition) is 2. The fourth-order valence-corrected chi connectivity index (χ4v) is 2.96. The molecule has 0 amide bonds. The lowest BCUT2D eigenvalue weighted by molar-refractivity contribution is 0.0734. The van der Waals surface area contributed by atoms with Crippen molar-refractivity contribution in [2.45, 2.75) is 63.7 Å². The minimum Gasteiger partial charge on any atom is -0.392 e. The van der Waals surface area contributed by atoms with Crippen molar-refractivity contribution in [3.05, 3.63) is 0 Å². The smallest absolute Gasteiger partial charge is 0.0700 e. The van der Waals surface area contributed by atoms with E-state index in [0.717, 1.165) is 19.6 Å². The Balaban J connectivity index is 1.68. The number of aliphatic hydroxyl groups is 1. The van der Waals surface area contributed by atoms with Crippen LogP contribution in [-0.2, 0) is 4.74 Å². The minimum absolute atomic E-state index is 0.159. The molecule has 3 heteroatoms. The van der Waals surface area contributed by atoms with Crippen molar-refractivity contribution in [2.24, 2.45) is 5.92 Å². The summed E-state index contributed by atoms with van der Waals surface area (Å²) in [5.74, 6) is 0.527. The molecular formula is C13H25NO2. The van der Waals surface area contributed by atoms with Gasteiger partial charge in [-0.05, 0) is 32.1 Å². The van der Waals surface area contributed by atoms with Crippen LogP contribution in [0.3, 0.4) is 0 Å².